The van der Waals surface area contributed by atoms with Crippen molar-refractivity contribution in [2.75, 3.05) is 6.79 Å². The Bertz CT molecular complexity index is 1540. The minimum Gasteiger partial charge on any atom is -0.488 e. The van der Waals surface area contributed by atoms with Crippen molar-refractivity contribution in [2.24, 2.45) is 5.10 Å². The second-order valence-corrected chi connectivity index (χ2v) is 10.5. The number of rotatable bonds is 6. The molecule has 1 aliphatic carbocycles. The molecular formula is C29H26IN3O4. The number of hydrogen-bond acceptors (Lipinski definition) is 6. The van der Waals surface area contributed by atoms with Crippen molar-refractivity contribution in [3.63, 3.8) is 0 Å². The normalized spacial score (nSPS) is 15.5. The SMILES string of the molecule is O=c1c2ccccc2nc(C2CCCCC2)n1N=Cc1ccc(OCc2ccc3c(c2)OCO3)c(I)c1. The number of halogens is 1. The van der Waals surface area contributed by atoms with Crippen LogP contribution >= 0.6 is 22.6 Å². The maximum atomic E-state index is 13.4. The predicted octanol–water partition coefficient (Wildman–Crippen LogP) is 6.24. The van der Waals surface area contributed by atoms with Gasteiger partial charge in [-0.2, -0.15) is 9.78 Å². The summed E-state index contributed by atoms with van der Waals surface area (Å²) in [6.07, 6.45) is 7.35. The highest BCUT2D eigenvalue weighted by Gasteiger charge is 2.22. The molecule has 1 aromatic heterocycles. The summed E-state index contributed by atoms with van der Waals surface area (Å²) in [7, 11) is 0. The second-order valence-electron chi connectivity index (χ2n) is 9.35. The first kappa shape index (κ1) is 24.0. The van der Waals surface area contributed by atoms with Crippen molar-refractivity contribution in [1.82, 2.24) is 9.66 Å². The fourth-order valence-corrected chi connectivity index (χ4v) is 5.60. The van der Waals surface area contributed by atoms with Gasteiger partial charge in [0.1, 0.15) is 18.2 Å². The molecule has 1 saturated carbocycles. The molecule has 6 rings (SSSR count). The summed E-state index contributed by atoms with van der Waals surface area (Å²) in [5.74, 6) is 3.29. The second kappa shape index (κ2) is 10.5. The molecule has 0 spiro atoms. The van der Waals surface area contributed by atoms with Gasteiger partial charge in [0.2, 0.25) is 6.79 Å². The van der Waals surface area contributed by atoms with Gasteiger partial charge in [-0.05, 0) is 89.0 Å². The smallest absolute Gasteiger partial charge is 0.282 e. The van der Waals surface area contributed by atoms with Gasteiger partial charge < -0.3 is 14.2 Å². The molecule has 1 fully saturated rings. The van der Waals surface area contributed by atoms with Gasteiger partial charge >= 0.3 is 0 Å². The van der Waals surface area contributed by atoms with Crippen molar-refractivity contribution in [3.05, 3.63) is 91.5 Å². The van der Waals surface area contributed by atoms with Crippen LogP contribution in [0.3, 0.4) is 0 Å². The van der Waals surface area contributed by atoms with Crippen LogP contribution in [0.15, 0.2) is 70.6 Å². The maximum absolute atomic E-state index is 13.4. The van der Waals surface area contributed by atoms with Gasteiger partial charge in [0, 0.05) is 5.92 Å². The average Bonchev–Trinajstić information content (AvgIpc) is 3.40. The van der Waals surface area contributed by atoms with Crippen LogP contribution < -0.4 is 19.8 Å². The van der Waals surface area contributed by atoms with E-state index in [-0.39, 0.29) is 18.3 Å². The van der Waals surface area contributed by atoms with E-state index in [9.17, 15) is 4.79 Å². The standard InChI is InChI=1S/C29H26IN3O4/c30-23-14-19(10-12-25(23)35-17-20-11-13-26-27(15-20)37-18-36-26)16-31-33-28(21-6-2-1-3-7-21)32-24-9-5-4-8-22(24)29(33)34/h4-5,8-16,21H,1-3,6-7,17-18H2. The third-order valence-corrected chi connectivity index (χ3v) is 7.70. The molecule has 3 aromatic carbocycles. The lowest BCUT2D eigenvalue weighted by molar-refractivity contribution is 0.174. The van der Waals surface area contributed by atoms with E-state index in [1.165, 1.54) is 11.1 Å². The molecular weight excluding hydrogens is 581 g/mol. The van der Waals surface area contributed by atoms with Crippen LogP contribution in [0.5, 0.6) is 17.2 Å². The largest absolute Gasteiger partial charge is 0.488 e. The van der Waals surface area contributed by atoms with Gasteiger partial charge in [-0.25, -0.2) is 4.98 Å². The molecule has 0 N–H and O–H groups in total. The van der Waals surface area contributed by atoms with Crippen LogP contribution in [-0.2, 0) is 6.61 Å². The van der Waals surface area contributed by atoms with Crippen LogP contribution in [0.1, 0.15) is 55.0 Å². The Balaban J connectivity index is 1.24. The summed E-state index contributed by atoms with van der Waals surface area (Å²) in [6.45, 7) is 0.674. The van der Waals surface area contributed by atoms with E-state index >= 15 is 0 Å². The highest BCUT2D eigenvalue weighted by Crippen LogP contribution is 2.33. The Morgan fingerprint density at radius 3 is 2.73 bits per heavy atom. The summed E-state index contributed by atoms with van der Waals surface area (Å²) in [5.41, 5.74) is 2.50. The summed E-state index contributed by atoms with van der Waals surface area (Å²) in [4.78, 5) is 18.3. The molecule has 2 aliphatic rings. The number of ether oxygens (including phenoxy) is 3. The highest BCUT2D eigenvalue weighted by atomic mass is 127. The summed E-state index contributed by atoms with van der Waals surface area (Å²) in [6, 6.07) is 19.2. The lowest BCUT2D eigenvalue weighted by atomic mass is 9.88. The minimum absolute atomic E-state index is 0.124. The molecule has 4 aromatic rings. The molecule has 0 radical (unpaired) electrons. The zero-order valence-electron chi connectivity index (χ0n) is 20.2. The zero-order chi connectivity index (χ0) is 25.2. The predicted molar refractivity (Wildman–Crippen MR) is 151 cm³/mol. The summed E-state index contributed by atoms with van der Waals surface area (Å²) < 4.78 is 19.3. The van der Waals surface area contributed by atoms with E-state index in [4.69, 9.17) is 19.2 Å². The first-order valence-corrected chi connectivity index (χ1v) is 13.6. The molecule has 0 unspecified atom stereocenters. The number of hydrogen-bond donors (Lipinski definition) is 0. The fourth-order valence-electron chi connectivity index (χ4n) is 4.91. The van der Waals surface area contributed by atoms with Crippen LogP contribution in [0.25, 0.3) is 10.9 Å². The monoisotopic (exact) mass is 607 g/mol. The van der Waals surface area contributed by atoms with Crippen LogP contribution in [0.2, 0.25) is 0 Å². The van der Waals surface area contributed by atoms with Crippen molar-refractivity contribution in [3.8, 4) is 17.2 Å². The molecule has 0 amide bonds. The topological polar surface area (TPSA) is 74.9 Å². The van der Waals surface area contributed by atoms with Gasteiger partial charge in [0.25, 0.3) is 5.56 Å². The molecule has 8 heteroatoms. The number of benzene rings is 3. The highest BCUT2D eigenvalue weighted by molar-refractivity contribution is 14.1. The third-order valence-electron chi connectivity index (χ3n) is 6.86. The Labute approximate surface area is 228 Å². The quantitative estimate of drug-likeness (QED) is 0.192. The van der Waals surface area contributed by atoms with Gasteiger partial charge in [0.15, 0.2) is 11.5 Å². The van der Waals surface area contributed by atoms with Crippen LogP contribution in [0, 0.1) is 3.57 Å². The summed E-state index contributed by atoms with van der Waals surface area (Å²) >= 11 is 2.26. The number of para-hydroxylation sites is 1. The van der Waals surface area contributed by atoms with E-state index in [0.717, 1.165) is 69.0 Å². The van der Waals surface area contributed by atoms with Crippen LogP contribution in [0.4, 0.5) is 0 Å². The zero-order valence-corrected chi connectivity index (χ0v) is 22.4. The van der Waals surface area contributed by atoms with E-state index < -0.39 is 0 Å². The molecule has 188 valence electrons. The Kier molecular flexibility index (Phi) is 6.82. The Hall–Kier alpha value is -3.40. The van der Waals surface area contributed by atoms with E-state index in [0.29, 0.717) is 12.0 Å². The van der Waals surface area contributed by atoms with Gasteiger partial charge in [-0.15, -0.1) is 0 Å². The van der Waals surface area contributed by atoms with E-state index in [2.05, 4.69) is 27.7 Å². The van der Waals surface area contributed by atoms with Crippen molar-refractivity contribution in [2.45, 2.75) is 44.6 Å². The van der Waals surface area contributed by atoms with Gasteiger partial charge in [-0.3, -0.25) is 4.79 Å². The third kappa shape index (κ3) is 5.07. The van der Waals surface area contributed by atoms with Crippen molar-refractivity contribution in [1.29, 1.82) is 0 Å². The summed E-state index contributed by atoms with van der Waals surface area (Å²) in [5, 5.41) is 5.23. The van der Waals surface area contributed by atoms with E-state index in [1.807, 2.05) is 60.7 Å². The van der Waals surface area contributed by atoms with E-state index in [1.54, 1.807) is 6.21 Å². The number of nitrogens with zero attached hydrogens (tertiary/aromatic N) is 3. The van der Waals surface area contributed by atoms with Crippen molar-refractivity contribution < 1.29 is 14.2 Å². The lowest BCUT2D eigenvalue weighted by Gasteiger charge is -2.22. The molecule has 0 saturated heterocycles. The fraction of sp³-hybridized carbons (Fsp3) is 0.276. The lowest BCUT2D eigenvalue weighted by Crippen LogP contribution is -2.25. The molecule has 0 atom stereocenters. The van der Waals surface area contributed by atoms with Crippen molar-refractivity contribution >= 4 is 39.7 Å². The molecule has 2 heterocycles. The van der Waals surface area contributed by atoms with Crippen LogP contribution in [-0.4, -0.2) is 22.7 Å². The molecule has 0 bridgehead atoms. The average molecular weight is 607 g/mol. The Morgan fingerprint density at radius 1 is 1.03 bits per heavy atom. The first-order valence-electron chi connectivity index (χ1n) is 12.5. The molecule has 1 aliphatic heterocycles. The minimum atomic E-state index is -0.124. The number of fused-ring (bicyclic) bond motifs is 2. The van der Waals surface area contributed by atoms with Gasteiger partial charge in [-0.1, -0.05) is 37.5 Å². The first-order chi connectivity index (χ1) is 18.2. The number of aromatic nitrogens is 2. The molecule has 7 nitrogen and oxygen atoms in total. The van der Waals surface area contributed by atoms with Gasteiger partial charge in [0.05, 0.1) is 20.7 Å². The Morgan fingerprint density at radius 2 is 1.86 bits per heavy atom. The maximum Gasteiger partial charge on any atom is 0.282 e. The molecule has 37 heavy (non-hydrogen) atoms.